The number of phenolic OH excluding ortho intramolecular Hbond substituents is 2. The van der Waals surface area contributed by atoms with Gasteiger partial charge in [0.1, 0.15) is 11.5 Å². The highest BCUT2D eigenvalue weighted by Crippen LogP contribution is 2.32. The third-order valence-electron chi connectivity index (χ3n) is 6.89. The first-order chi connectivity index (χ1) is 18.2. The van der Waals surface area contributed by atoms with Crippen molar-refractivity contribution < 1.29 is 10.2 Å². The number of hydrogen-bond donors (Lipinski definition) is 2. The summed E-state index contributed by atoms with van der Waals surface area (Å²) in [7, 11) is 0. The summed E-state index contributed by atoms with van der Waals surface area (Å²) in [6.07, 6.45) is 10.0. The summed E-state index contributed by atoms with van der Waals surface area (Å²) in [6, 6.07) is 16.0. The van der Waals surface area contributed by atoms with E-state index < -0.39 is 0 Å². The summed E-state index contributed by atoms with van der Waals surface area (Å²) < 4.78 is 0. The van der Waals surface area contributed by atoms with E-state index in [4.69, 9.17) is 0 Å². The fraction of sp³-hybridized carbons (Fsp3) is 0.412. The van der Waals surface area contributed by atoms with Crippen LogP contribution in [0.25, 0.3) is 0 Å². The van der Waals surface area contributed by atoms with Gasteiger partial charge in [-0.15, -0.1) is 0 Å². The first kappa shape index (κ1) is 29.2. The zero-order valence-corrected chi connectivity index (χ0v) is 24.0. The molecule has 3 rings (SSSR count). The van der Waals surface area contributed by atoms with Gasteiger partial charge in [-0.1, -0.05) is 66.5 Å². The van der Waals surface area contributed by atoms with Crippen LogP contribution in [0.3, 0.4) is 0 Å². The first-order valence-electron chi connectivity index (χ1n) is 14.1. The van der Waals surface area contributed by atoms with Gasteiger partial charge < -0.3 is 10.2 Å². The Morgan fingerprint density at radius 2 is 1.00 bits per heavy atom. The Morgan fingerprint density at radius 1 is 0.632 bits per heavy atom. The number of hydrogen-bond acceptors (Lipinski definition) is 4. The van der Waals surface area contributed by atoms with Crippen molar-refractivity contribution >= 4 is 23.8 Å². The van der Waals surface area contributed by atoms with Crippen LogP contribution in [0.1, 0.15) is 112 Å². The lowest BCUT2D eigenvalue weighted by Gasteiger charge is -2.13. The fourth-order valence-electron chi connectivity index (χ4n) is 4.53. The molecule has 0 saturated carbocycles. The van der Waals surface area contributed by atoms with Crippen molar-refractivity contribution in [1.29, 1.82) is 0 Å². The summed E-state index contributed by atoms with van der Waals surface area (Å²) in [5.74, 6) is 1.10. The van der Waals surface area contributed by atoms with Crippen LogP contribution >= 0.6 is 0 Å². The Bertz CT molecular complexity index is 1160. The van der Waals surface area contributed by atoms with E-state index in [1.54, 1.807) is 12.4 Å². The maximum absolute atomic E-state index is 10.8. The number of rotatable bonds is 12. The smallest absolute Gasteiger partial charge is 0.127 e. The van der Waals surface area contributed by atoms with Crippen LogP contribution in [0, 0.1) is 0 Å². The molecule has 0 aromatic heterocycles. The standard InChI is InChI=1S/C34H44N2O2/c1-7-9-11-25-17-27(33(37)31(19-25)23(3)4)21-35-29-13-15-30(16-14-29)36-22-28-18-26(12-10-8-2)20-32(24(5)6)34(28)38/h13-24,37-38H,7-12H2,1-6H3. The lowest BCUT2D eigenvalue weighted by atomic mass is 9.94. The van der Waals surface area contributed by atoms with Crippen LogP contribution in [0.4, 0.5) is 11.4 Å². The topological polar surface area (TPSA) is 65.2 Å². The van der Waals surface area contributed by atoms with Crippen molar-refractivity contribution in [2.75, 3.05) is 0 Å². The lowest BCUT2D eigenvalue weighted by Crippen LogP contribution is -1.97. The average molecular weight is 513 g/mol. The lowest BCUT2D eigenvalue weighted by molar-refractivity contribution is 0.463. The van der Waals surface area contributed by atoms with Crippen LogP contribution in [0.5, 0.6) is 11.5 Å². The largest absolute Gasteiger partial charge is 0.507 e. The van der Waals surface area contributed by atoms with E-state index in [1.165, 1.54) is 11.1 Å². The van der Waals surface area contributed by atoms with Gasteiger partial charge in [0.15, 0.2) is 0 Å². The van der Waals surface area contributed by atoms with E-state index in [-0.39, 0.29) is 11.8 Å². The highest BCUT2D eigenvalue weighted by molar-refractivity contribution is 5.87. The van der Waals surface area contributed by atoms with Gasteiger partial charge in [-0.05, 0) is 96.2 Å². The summed E-state index contributed by atoms with van der Waals surface area (Å²) >= 11 is 0. The van der Waals surface area contributed by atoms with Crippen LogP contribution in [-0.2, 0) is 12.8 Å². The molecule has 0 amide bonds. The van der Waals surface area contributed by atoms with Gasteiger partial charge in [0.05, 0.1) is 11.4 Å². The van der Waals surface area contributed by atoms with Gasteiger partial charge in [0.25, 0.3) is 0 Å². The fourth-order valence-corrected chi connectivity index (χ4v) is 4.53. The van der Waals surface area contributed by atoms with E-state index in [1.807, 2.05) is 36.4 Å². The van der Waals surface area contributed by atoms with E-state index in [0.29, 0.717) is 11.5 Å². The summed E-state index contributed by atoms with van der Waals surface area (Å²) in [5, 5.41) is 21.6. The number of aliphatic imine (C=N–C) groups is 2. The molecule has 0 aliphatic carbocycles. The zero-order chi connectivity index (χ0) is 27.7. The second-order valence-electron chi connectivity index (χ2n) is 10.8. The van der Waals surface area contributed by atoms with Gasteiger partial charge in [0, 0.05) is 23.6 Å². The number of benzene rings is 3. The molecular weight excluding hydrogens is 468 g/mol. The minimum absolute atomic E-state index is 0.240. The van der Waals surface area contributed by atoms with Crippen LogP contribution < -0.4 is 0 Å². The maximum Gasteiger partial charge on any atom is 0.127 e. The van der Waals surface area contributed by atoms with Gasteiger partial charge in [-0.2, -0.15) is 0 Å². The normalized spacial score (nSPS) is 12.0. The van der Waals surface area contributed by atoms with E-state index in [2.05, 4.69) is 63.7 Å². The highest BCUT2D eigenvalue weighted by atomic mass is 16.3. The number of aromatic hydroxyl groups is 2. The molecule has 0 fully saturated rings. The molecule has 3 aromatic rings. The van der Waals surface area contributed by atoms with Crippen molar-refractivity contribution in [3.8, 4) is 11.5 Å². The van der Waals surface area contributed by atoms with Crippen molar-refractivity contribution in [3.05, 3.63) is 81.9 Å². The molecule has 0 spiro atoms. The molecule has 202 valence electrons. The Hall–Kier alpha value is -3.40. The first-order valence-corrected chi connectivity index (χ1v) is 14.1. The molecule has 0 heterocycles. The number of aryl methyl sites for hydroxylation is 2. The second kappa shape index (κ2) is 13.9. The van der Waals surface area contributed by atoms with Crippen LogP contribution in [0.2, 0.25) is 0 Å². The van der Waals surface area contributed by atoms with Gasteiger partial charge >= 0.3 is 0 Å². The number of phenols is 2. The maximum atomic E-state index is 10.8. The van der Waals surface area contributed by atoms with E-state index in [0.717, 1.165) is 72.2 Å². The second-order valence-corrected chi connectivity index (χ2v) is 10.8. The Morgan fingerprint density at radius 3 is 1.32 bits per heavy atom. The monoisotopic (exact) mass is 512 g/mol. The Balaban J connectivity index is 1.81. The molecule has 0 bridgehead atoms. The van der Waals surface area contributed by atoms with Crippen molar-refractivity contribution in [1.82, 2.24) is 0 Å². The van der Waals surface area contributed by atoms with Gasteiger partial charge in [0.2, 0.25) is 0 Å². The van der Waals surface area contributed by atoms with Crippen LogP contribution in [0.15, 0.2) is 58.5 Å². The third-order valence-corrected chi connectivity index (χ3v) is 6.89. The van der Waals surface area contributed by atoms with Gasteiger partial charge in [-0.25, -0.2) is 0 Å². The van der Waals surface area contributed by atoms with E-state index >= 15 is 0 Å². The molecule has 0 unspecified atom stereocenters. The highest BCUT2D eigenvalue weighted by Gasteiger charge is 2.13. The SMILES string of the molecule is CCCCc1cc(C=Nc2ccc(N=Cc3cc(CCCC)cc(C(C)C)c3O)cc2)c(O)c(C(C)C)c1. The molecule has 4 heteroatoms. The predicted octanol–water partition coefficient (Wildman–Crippen LogP) is 9.53. The molecular formula is C34H44N2O2. The Labute approximate surface area is 229 Å². The molecule has 4 nitrogen and oxygen atoms in total. The average Bonchev–Trinajstić information content (AvgIpc) is 2.90. The summed E-state index contributed by atoms with van der Waals surface area (Å²) in [5.41, 5.74) is 7.50. The Kier molecular flexibility index (Phi) is 10.7. The molecule has 0 saturated heterocycles. The quantitative estimate of drug-likeness (QED) is 0.237. The van der Waals surface area contributed by atoms with Crippen molar-refractivity contribution in [3.63, 3.8) is 0 Å². The van der Waals surface area contributed by atoms with Gasteiger partial charge in [-0.3, -0.25) is 9.98 Å². The van der Waals surface area contributed by atoms with Crippen LogP contribution in [-0.4, -0.2) is 22.6 Å². The molecule has 3 aromatic carbocycles. The third kappa shape index (κ3) is 7.80. The number of nitrogens with zero attached hydrogens (tertiary/aromatic N) is 2. The minimum Gasteiger partial charge on any atom is -0.507 e. The molecule has 0 radical (unpaired) electrons. The molecule has 38 heavy (non-hydrogen) atoms. The molecule has 0 aliphatic heterocycles. The summed E-state index contributed by atoms with van der Waals surface area (Å²) in [6.45, 7) is 12.8. The zero-order valence-electron chi connectivity index (χ0n) is 24.0. The van der Waals surface area contributed by atoms with Crippen molar-refractivity contribution in [2.24, 2.45) is 9.98 Å². The molecule has 0 atom stereocenters. The molecule has 2 N–H and O–H groups in total. The predicted molar refractivity (Wildman–Crippen MR) is 163 cm³/mol. The minimum atomic E-state index is 0.240. The van der Waals surface area contributed by atoms with Crippen molar-refractivity contribution in [2.45, 2.75) is 91.9 Å². The number of unbranched alkanes of at least 4 members (excludes halogenated alkanes) is 2. The van der Waals surface area contributed by atoms with E-state index in [9.17, 15) is 10.2 Å². The summed E-state index contributed by atoms with van der Waals surface area (Å²) in [4.78, 5) is 9.25. The molecule has 0 aliphatic rings.